The van der Waals surface area contributed by atoms with Crippen molar-refractivity contribution >= 4 is 34.5 Å². The van der Waals surface area contributed by atoms with E-state index in [1.54, 1.807) is 0 Å². The van der Waals surface area contributed by atoms with E-state index >= 15 is 0 Å². The third kappa shape index (κ3) is 3.54. The van der Waals surface area contributed by atoms with Gasteiger partial charge in [0.1, 0.15) is 0 Å². The number of amides is 1. The first kappa shape index (κ1) is 12.6. The predicted octanol–water partition coefficient (Wildman–Crippen LogP) is 2.67. The van der Waals surface area contributed by atoms with Gasteiger partial charge in [-0.2, -0.15) is 12.6 Å². The van der Waals surface area contributed by atoms with Crippen molar-refractivity contribution in [3.63, 3.8) is 0 Å². The van der Waals surface area contributed by atoms with Crippen molar-refractivity contribution in [1.29, 1.82) is 0 Å². The van der Waals surface area contributed by atoms with Crippen molar-refractivity contribution in [3.05, 3.63) is 33.8 Å². The first-order valence-corrected chi connectivity index (χ1v) is 6.29. The standard InChI is InChI=1S/C11H14BrNOS/c1-2-8-7-9(3-4-10(8)12)11(14)13-5-6-15/h3-4,7,15H,2,5-6H2,1H3,(H,13,14). The van der Waals surface area contributed by atoms with E-state index in [2.05, 4.69) is 40.8 Å². The van der Waals surface area contributed by atoms with Gasteiger partial charge >= 0.3 is 0 Å². The molecule has 0 aromatic heterocycles. The minimum atomic E-state index is -0.0359. The molecule has 82 valence electrons. The van der Waals surface area contributed by atoms with Crippen molar-refractivity contribution in [1.82, 2.24) is 5.32 Å². The summed E-state index contributed by atoms with van der Waals surface area (Å²) in [5, 5.41) is 2.79. The molecule has 0 heterocycles. The number of carbonyl (C=O) groups is 1. The van der Waals surface area contributed by atoms with Crippen molar-refractivity contribution < 1.29 is 4.79 Å². The van der Waals surface area contributed by atoms with E-state index in [9.17, 15) is 4.79 Å². The number of benzene rings is 1. The molecule has 0 unspecified atom stereocenters. The lowest BCUT2D eigenvalue weighted by molar-refractivity contribution is 0.0956. The number of hydrogen-bond acceptors (Lipinski definition) is 2. The Kier molecular flexibility index (Phi) is 5.19. The molecule has 0 aliphatic carbocycles. The number of carbonyl (C=O) groups excluding carboxylic acids is 1. The highest BCUT2D eigenvalue weighted by molar-refractivity contribution is 9.10. The molecule has 1 N–H and O–H groups in total. The summed E-state index contributed by atoms with van der Waals surface area (Å²) < 4.78 is 1.05. The number of halogens is 1. The summed E-state index contributed by atoms with van der Waals surface area (Å²) in [5.41, 5.74) is 1.85. The van der Waals surface area contributed by atoms with Crippen LogP contribution in [0.2, 0.25) is 0 Å². The third-order valence-electron chi connectivity index (χ3n) is 2.09. The number of rotatable bonds is 4. The highest BCUT2D eigenvalue weighted by atomic mass is 79.9. The largest absolute Gasteiger partial charge is 0.351 e. The molecule has 0 fully saturated rings. The molecular weight excluding hydrogens is 274 g/mol. The summed E-state index contributed by atoms with van der Waals surface area (Å²) in [4.78, 5) is 11.6. The van der Waals surface area contributed by atoms with Crippen LogP contribution in [0.4, 0.5) is 0 Å². The Hall–Kier alpha value is -0.480. The predicted molar refractivity (Wildman–Crippen MR) is 69.7 cm³/mol. The van der Waals surface area contributed by atoms with Crippen LogP contribution in [0.5, 0.6) is 0 Å². The Labute approximate surface area is 104 Å². The molecule has 1 amide bonds. The van der Waals surface area contributed by atoms with Crippen LogP contribution in [0.3, 0.4) is 0 Å². The molecule has 2 nitrogen and oxygen atoms in total. The van der Waals surface area contributed by atoms with E-state index < -0.39 is 0 Å². The average Bonchev–Trinajstić information content (AvgIpc) is 2.26. The molecule has 15 heavy (non-hydrogen) atoms. The van der Waals surface area contributed by atoms with Crippen molar-refractivity contribution in [2.75, 3.05) is 12.3 Å². The van der Waals surface area contributed by atoms with Gasteiger partial charge in [-0.25, -0.2) is 0 Å². The molecule has 0 atom stereocenters. The molecular formula is C11H14BrNOS. The average molecular weight is 288 g/mol. The van der Waals surface area contributed by atoms with Crippen LogP contribution in [0, 0.1) is 0 Å². The molecule has 0 aliphatic heterocycles. The Balaban J connectivity index is 2.81. The summed E-state index contributed by atoms with van der Waals surface area (Å²) in [6.45, 7) is 2.66. The van der Waals surface area contributed by atoms with Crippen LogP contribution in [-0.2, 0) is 6.42 Å². The number of thiol groups is 1. The third-order valence-corrected chi connectivity index (χ3v) is 3.08. The van der Waals surface area contributed by atoms with Crippen LogP contribution in [0.25, 0.3) is 0 Å². The SMILES string of the molecule is CCc1cc(C(=O)NCCS)ccc1Br. The molecule has 0 bridgehead atoms. The Bertz CT molecular complexity index is 354. The molecule has 1 aromatic rings. The van der Waals surface area contributed by atoms with Gasteiger partial charge in [0, 0.05) is 22.3 Å². The zero-order valence-electron chi connectivity index (χ0n) is 8.59. The molecule has 0 saturated carbocycles. The molecule has 0 aliphatic rings. The highest BCUT2D eigenvalue weighted by Crippen LogP contribution is 2.18. The minimum absolute atomic E-state index is 0.0359. The van der Waals surface area contributed by atoms with Gasteiger partial charge in [-0.15, -0.1) is 0 Å². The lowest BCUT2D eigenvalue weighted by Crippen LogP contribution is -2.25. The van der Waals surface area contributed by atoms with Crippen molar-refractivity contribution in [2.45, 2.75) is 13.3 Å². The molecule has 4 heteroatoms. The van der Waals surface area contributed by atoms with Gasteiger partial charge in [0.2, 0.25) is 0 Å². The second-order valence-corrected chi connectivity index (χ2v) is 4.44. The van der Waals surface area contributed by atoms with Gasteiger partial charge < -0.3 is 5.32 Å². The van der Waals surface area contributed by atoms with E-state index in [0.29, 0.717) is 17.9 Å². The van der Waals surface area contributed by atoms with Crippen LogP contribution in [0.1, 0.15) is 22.8 Å². The van der Waals surface area contributed by atoms with E-state index in [1.165, 1.54) is 0 Å². The van der Waals surface area contributed by atoms with Gasteiger partial charge in [-0.05, 0) is 30.2 Å². The molecule has 0 radical (unpaired) electrons. The van der Waals surface area contributed by atoms with Gasteiger partial charge in [0.15, 0.2) is 0 Å². The zero-order chi connectivity index (χ0) is 11.3. The topological polar surface area (TPSA) is 29.1 Å². The highest BCUT2D eigenvalue weighted by Gasteiger charge is 2.06. The van der Waals surface area contributed by atoms with Crippen LogP contribution < -0.4 is 5.32 Å². The summed E-state index contributed by atoms with van der Waals surface area (Å²) in [5.74, 6) is 0.620. The first-order chi connectivity index (χ1) is 7.19. The summed E-state index contributed by atoms with van der Waals surface area (Å²) in [6.07, 6.45) is 0.911. The number of aryl methyl sites for hydroxylation is 1. The van der Waals surface area contributed by atoms with Crippen molar-refractivity contribution in [2.24, 2.45) is 0 Å². The second kappa shape index (κ2) is 6.18. The zero-order valence-corrected chi connectivity index (χ0v) is 11.1. The van der Waals surface area contributed by atoms with E-state index in [4.69, 9.17) is 0 Å². The minimum Gasteiger partial charge on any atom is -0.351 e. The van der Waals surface area contributed by atoms with Crippen molar-refractivity contribution in [3.8, 4) is 0 Å². The summed E-state index contributed by atoms with van der Waals surface area (Å²) in [7, 11) is 0. The Morgan fingerprint density at radius 1 is 1.53 bits per heavy atom. The van der Waals surface area contributed by atoms with Gasteiger partial charge in [-0.3, -0.25) is 4.79 Å². The Morgan fingerprint density at radius 3 is 2.87 bits per heavy atom. The maximum absolute atomic E-state index is 11.6. The molecule has 1 rings (SSSR count). The molecule has 0 spiro atoms. The van der Waals surface area contributed by atoms with Gasteiger partial charge in [0.05, 0.1) is 0 Å². The first-order valence-electron chi connectivity index (χ1n) is 4.86. The fourth-order valence-electron chi connectivity index (χ4n) is 1.26. The second-order valence-electron chi connectivity index (χ2n) is 3.14. The lowest BCUT2D eigenvalue weighted by atomic mass is 10.1. The van der Waals surface area contributed by atoms with Crippen LogP contribution >= 0.6 is 28.6 Å². The van der Waals surface area contributed by atoms with E-state index in [0.717, 1.165) is 16.5 Å². The van der Waals surface area contributed by atoms with Crippen LogP contribution in [0.15, 0.2) is 22.7 Å². The maximum atomic E-state index is 11.6. The quantitative estimate of drug-likeness (QED) is 0.819. The fraction of sp³-hybridized carbons (Fsp3) is 0.364. The number of hydrogen-bond donors (Lipinski definition) is 2. The van der Waals surface area contributed by atoms with E-state index in [-0.39, 0.29) is 5.91 Å². The molecule has 1 aromatic carbocycles. The maximum Gasteiger partial charge on any atom is 0.251 e. The summed E-state index contributed by atoms with van der Waals surface area (Å²) >= 11 is 7.49. The Morgan fingerprint density at radius 2 is 2.27 bits per heavy atom. The summed E-state index contributed by atoms with van der Waals surface area (Å²) in [6, 6.07) is 5.64. The number of nitrogens with one attached hydrogen (secondary N) is 1. The smallest absolute Gasteiger partial charge is 0.251 e. The van der Waals surface area contributed by atoms with Gasteiger partial charge in [-0.1, -0.05) is 22.9 Å². The fourth-order valence-corrected chi connectivity index (χ4v) is 1.90. The lowest BCUT2D eigenvalue weighted by Gasteiger charge is -2.06. The van der Waals surface area contributed by atoms with Crippen LogP contribution in [-0.4, -0.2) is 18.2 Å². The van der Waals surface area contributed by atoms with E-state index in [1.807, 2.05) is 18.2 Å². The monoisotopic (exact) mass is 287 g/mol. The van der Waals surface area contributed by atoms with Gasteiger partial charge in [0.25, 0.3) is 5.91 Å². The normalized spacial score (nSPS) is 10.1. The molecule has 0 saturated heterocycles.